The molecule has 1 amide bonds. The maximum absolute atomic E-state index is 11.9. The molecule has 1 aliphatic rings. The molecule has 0 aromatic carbocycles. The van der Waals surface area contributed by atoms with Gasteiger partial charge < -0.3 is 5.32 Å². The highest BCUT2D eigenvalue weighted by Gasteiger charge is 2.16. The first-order chi connectivity index (χ1) is 9.19. The van der Waals surface area contributed by atoms with Crippen molar-refractivity contribution >= 4 is 5.91 Å². The van der Waals surface area contributed by atoms with Crippen molar-refractivity contribution in [3.63, 3.8) is 0 Å². The predicted octanol–water partition coefficient (Wildman–Crippen LogP) is 2.16. The molecule has 0 bridgehead atoms. The number of nitrogens with zero attached hydrogens (tertiary/aromatic N) is 1. The van der Waals surface area contributed by atoms with Crippen molar-refractivity contribution < 1.29 is 9.36 Å². The Labute approximate surface area is 116 Å². The standard InChI is InChI=1S/C16H24N2O/c1-3-6-13(2)17-16(19)12-18-10-9-14-7-4-5-8-15(14)11-18/h9-11,13H,3-8,12H2,1-2H3/p+1/t13-/m0/s1. The smallest absolute Gasteiger partial charge is 0.286 e. The van der Waals surface area contributed by atoms with Crippen LogP contribution in [0.1, 0.15) is 50.7 Å². The molecule has 1 aromatic rings. The molecule has 0 fully saturated rings. The van der Waals surface area contributed by atoms with Crippen molar-refractivity contribution in [2.75, 3.05) is 0 Å². The summed E-state index contributed by atoms with van der Waals surface area (Å²) < 4.78 is 2.01. The fourth-order valence-electron chi connectivity index (χ4n) is 2.81. The molecule has 0 radical (unpaired) electrons. The van der Waals surface area contributed by atoms with Gasteiger partial charge in [-0.15, -0.1) is 0 Å². The van der Waals surface area contributed by atoms with Crippen LogP contribution in [0.4, 0.5) is 0 Å². The highest BCUT2D eigenvalue weighted by molar-refractivity contribution is 5.74. The summed E-state index contributed by atoms with van der Waals surface area (Å²) in [6, 6.07) is 2.45. The highest BCUT2D eigenvalue weighted by atomic mass is 16.2. The van der Waals surface area contributed by atoms with Gasteiger partial charge in [0.2, 0.25) is 6.54 Å². The van der Waals surface area contributed by atoms with Gasteiger partial charge in [0.15, 0.2) is 12.4 Å². The lowest BCUT2D eigenvalue weighted by Gasteiger charge is -2.14. The lowest BCUT2D eigenvalue weighted by atomic mass is 9.93. The SMILES string of the molecule is CCC[C@H](C)NC(=O)C[n+]1ccc2c(c1)CCCC2. The van der Waals surface area contributed by atoms with Gasteiger partial charge in [0.05, 0.1) is 0 Å². The van der Waals surface area contributed by atoms with Gasteiger partial charge in [0.25, 0.3) is 5.91 Å². The van der Waals surface area contributed by atoms with Gasteiger partial charge in [0, 0.05) is 17.7 Å². The zero-order chi connectivity index (χ0) is 13.7. The molecule has 1 atom stereocenters. The molecular weight excluding hydrogens is 236 g/mol. The van der Waals surface area contributed by atoms with E-state index in [4.69, 9.17) is 0 Å². The number of rotatable bonds is 5. The summed E-state index contributed by atoms with van der Waals surface area (Å²) in [6.45, 7) is 4.64. The van der Waals surface area contributed by atoms with E-state index in [0.717, 1.165) is 19.3 Å². The van der Waals surface area contributed by atoms with Crippen LogP contribution >= 0.6 is 0 Å². The molecule has 0 aliphatic heterocycles. The van der Waals surface area contributed by atoms with E-state index in [0.29, 0.717) is 6.54 Å². The fourth-order valence-corrected chi connectivity index (χ4v) is 2.81. The molecule has 1 aromatic heterocycles. The Hall–Kier alpha value is -1.38. The monoisotopic (exact) mass is 261 g/mol. The van der Waals surface area contributed by atoms with Gasteiger partial charge >= 0.3 is 0 Å². The summed E-state index contributed by atoms with van der Waals surface area (Å²) >= 11 is 0. The number of carbonyl (C=O) groups excluding carboxylic acids is 1. The summed E-state index contributed by atoms with van der Waals surface area (Å²) in [5, 5.41) is 3.05. The Kier molecular flexibility index (Phi) is 4.94. The zero-order valence-corrected chi connectivity index (χ0v) is 12.1. The Morgan fingerprint density at radius 2 is 2.11 bits per heavy atom. The average molecular weight is 261 g/mol. The van der Waals surface area contributed by atoms with Gasteiger partial charge in [-0.25, -0.2) is 0 Å². The van der Waals surface area contributed by atoms with Crippen molar-refractivity contribution in [2.24, 2.45) is 0 Å². The van der Waals surface area contributed by atoms with Gasteiger partial charge in [0.1, 0.15) is 0 Å². The van der Waals surface area contributed by atoms with Crippen molar-refractivity contribution in [3.05, 3.63) is 29.6 Å². The van der Waals surface area contributed by atoms with E-state index in [-0.39, 0.29) is 11.9 Å². The number of fused-ring (bicyclic) bond motifs is 1. The maximum atomic E-state index is 11.9. The fraction of sp³-hybridized carbons (Fsp3) is 0.625. The first-order valence-corrected chi connectivity index (χ1v) is 7.49. The number of carbonyl (C=O) groups is 1. The first-order valence-electron chi connectivity index (χ1n) is 7.49. The Morgan fingerprint density at radius 3 is 2.84 bits per heavy atom. The van der Waals surface area contributed by atoms with Crippen LogP contribution < -0.4 is 9.88 Å². The van der Waals surface area contributed by atoms with Crippen molar-refractivity contribution in [1.29, 1.82) is 0 Å². The molecule has 0 spiro atoms. The Bertz CT molecular complexity index is 442. The van der Waals surface area contributed by atoms with E-state index in [1.165, 1.54) is 30.4 Å². The molecule has 0 saturated carbocycles. The third kappa shape index (κ3) is 4.05. The third-order valence-corrected chi connectivity index (χ3v) is 3.80. The van der Waals surface area contributed by atoms with E-state index >= 15 is 0 Å². The predicted molar refractivity (Wildman–Crippen MR) is 75.8 cm³/mol. The highest BCUT2D eigenvalue weighted by Crippen LogP contribution is 2.18. The molecule has 1 aliphatic carbocycles. The molecule has 3 nitrogen and oxygen atoms in total. The van der Waals surface area contributed by atoms with Crippen LogP contribution in [-0.4, -0.2) is 11.9 Å². The van der Waals surface area contributed by atoms with E-state index in [9.17, 15) is 4.79 Å². The van der Waals surface area contributed by atoms with Crippen molar-refractivity contribution in [3.8, 4) is 0 Å². The van der Waals surface area contributed by atoms with Gasteiger partial charge in [-0.3, -0.25) is 4.79 Å². The summed E-state index contributed by atoms with van der Waals surface area (Å²) in [6.07, 6.45) is 11.3. The number of pyridine rings is 1. The van der Waals surface area contributed by atoms with Crippen LogP contribution in [0, 0.1) is 0 Å². The number of aryl methyl sites for hydroxylation is 2. The first kappa shape index (κ1) is 14.0. The molecule has 1 heterocycles. The Balaban J connectivity index is 1.93. The maximum Gasteiger partial charge on any atom is 0.286 e. The van der Waals surface area contributed by atoms with Crippen LogP contribution in [0.3, 0.4) is 0 Å². The summed E-state index contributed by atoms with van der Waals surface area (Å²) in [7, 11) is 0. The lowest BCUT2D eigenvalue weighted by molar-refractivity contribution is -0.685. The Morgan fingerprint density at radius 1 is 1.37 bits per heavy atom. The van der Waals surface area contributed by atoms with Crippen molar-refractivity contribution in [1.82, 2.24) is 5.32 Å². The minimum atomic E-state index is 0.113. The second kappa shape index (κ2) is 6.69. The summed E-state index contributed by atoms with van der Waals surface area (Å²) in [5.41, 5.74) is 2.88. The molecule has 19 heavy (non-hydrogen) atoms. The summed E-state index contributed by atoms with van der Waals surface area (Å²) in [5.74, 6) is 0.113. The quantitative estimate of drug-likeness (QED) is 0.810. The van der Waals surface area contributed by atoms with Crippen LogP contribution in [0.5, 0.6) is 0 Å². The minimum absolute atomic E-state index is 0.113. The van der Waals surface area contributed by atoms with Gasteiger partial charge in [-0.1, -0.05) is 13.3 Å². The minimum Gasteiger partial charge on any atom is -0.348 e. The second-order valence-corrected chi connectivity index (χ2v) is 5.63. The normalized spacial score (nSPS) is 15.7. The average Bonchev–Trinajstić information content (AvgIpc) is 2.38. The van der Waals surface area contributed by atoms with Gasteiger partial charge in [-0.2, -0.15) is 4.57 Å². The second-order valence-electron chi connectivity index (χ2n) is 5.63. The molecule has 1 N–H and O–H groups in total. The topological polar surface area (TPSA) is 33.0 Å². The molecule has 2 rings (SSSR count). The number of amides is 1. The van der Waals surface area contributed by atoms with E-state index < -0.39 is 0 Å². The molecule has 0 saturated heterocycles. The van der Waals surface area contributed by atoms with E-state index in [1.54, 1.807) is 0 Å². The zero-order valence-electron chi connectivity index (χ0n) is 12.1. The lowest BCUT2D eigenvalue weighted by Crippen LogP contribution is -2.45. The molecule has 0 unspecified atom stereocenters. The third-order valence-electron chi connectivity index (χ3n) is 3.80. The molecular formula is C16H25N2O+. The van der Waals surface area contributed by atoms with E-state index in [2.05, 4.69) is 31.4 Å². The van der Waals surface area contributed by atoms with Crippen molar-refractivity contribution in [2.45, 2.75) is 65.0 Å². The van der Waals surface area contributed by atoms with Crippen LogP contribution in [0.2, 0.25) is 0 Å². The number of nitrogens with one attached hydrogen (secondary N) is 1. The van der Waals surface area contributed by atoms with E-state index in [1.807, 2.05) is 10.8 Å². The molecule has 3 heteroatoms. The largest absolute Gasteiger partial charge is 0.348 e. The molecule has 104 valence electrons. The van der Waals surface area contributed by atoms with Gasteiger partial charge in [-0.05, 0) is 44.6 Å². The van der Waals surface area contributed by atoms with Crippen LogP contribution in [0.15, 0.2) is 18.5 Å². The number of hydrogen-bond donors (Lipinski definition) is 1. The number of aromatic nitrogens is 1. The summed E-state index contributed by atoms with van der Waals surface area (Å²) in [4.78, 5) is 11.9. The number of hydrogen-bond acceptors (Lipinski definition) is 1. The van der Waals surface area contributed by atoms with Crippen LogP contribution in [0.25, 0.3) is 0 Å². The van der Waals surface area contributed by atoms with Crippen LogP contribution in [-0.2, 0) is 24.2 Å².